The van der Waals surface area contributed by atoms with Crippen LogP contribution < -0.4 is 52.5 Å². The van der Waals surface area contributed by atoms with Crippen molar-refractivity contribution in [2.45, 2.75) is 213 Å². The van der Waals surface area contributed by atoms with Crippen LogP contribution in [-0.4, -0.2) is 17.9 Å². The molecule has 47 heavy (non-hydrogen) atoms. The smallest absolute Gasteiger partial charge is 1.00 e. The maximum Gasteiger partial charge on any atom is 3.00 e. The molecule has 0 rings (SSSR count). The van der Waals surface area contributed by atoms with E-state index in [4.69, 9.17) is 0 Å². The van der Waals surface area contributed by atoms with Crippen molar-refractivity contribution in [1.29, 1.82) is 0 Å². The summed E-state index contributed by atoms with van der Waals surface area (Å²) in [4.78, 5) is 30.3. The van der Waals surface area contributed by atoms with Crippen molar-refractivity contribution in [2.24, 2.45) is 0 Å². The fourth-order valence-electron chi connectivity index (χ4n) is 4.74. The van der Waals surface area contributed by atoms with Crippen LogP contribution in [0.3, 0.4) is 0 Å². The van der Waals surface area contributed by atoms with E-state index in [9.17, 15) is 29.7 Å². The van der Waals surface area contributed by atoms with E-state index in [0.29, 0.717) is 0 Å². The van der Waals surface area contributed by atoms with Gasteiger partial charge in [-0.2, -0.15) is 0 Å². The zero-order valence-corrected chi connectivity index (χ0v) is 34.9. The fraction of sp³-hybridized carbons (Fsp3) is 0.917. The summed E-state index contributed by atoms with van der Waals surface area (Å²) in [6, 6.07) is 0. The summed E-state index contributed by atoms with van der Waals surface area (Å²) >= 11 is 0. The Bertz CT molecular complexity index is 501. The van der Waals surface area contributed by atoms with E-state index in [1.54, 1.807) is 0 Å². The predicted octanol–water partition coefficient (Wildman–Crippen LogP) is -1.02. The topological polar surface area (TPSA) is 120 Å². The molecule has 2 radical (unpaired) electrons. The van der Waals surface area contributed by atoms with Gasteiger partial charge in [-0.15, -0.1) is 0 Å². The maximum atomic E-state index is 10.1. The minimum absolute atomic E-state index is 0. The summed E-state index contributed by atoms with van der Waals surface area (Å²) in [6.45, 7) is 6.67. The summed E-state index contributed by atoms with van der Waals surface area (Å²) in [6.07, 6.45) is 33.5. The molecule has 6 nitrogen and oxygen atoms in total. The average Bonchev–Trinajstić information content (AvgIpc) is 2.95. The van der Waals surface area contributed by atoms with Gasteiger partial charge in [-0.1, -0.05) is 175 Å². The predicted molar refractivity (Wildman–Crippen MR) is 171 cm³/mol. The van der Waals surface area contributed by atoms with Gasteiger partial charge in [-0.3, -0.25) is 0 Å². The Morgan fingerprint density at radius 2 is 0.426 bits per heavy atom. The Morgan fingerprint density at radius 3 is 0.553 bits per heavy atom. The molecule has 0 amide bonds. The van der Waals surface area contributed by atoms with E-state index in [1.807, 2.05) is 0 Å². The van der Waals surface area contributed by atoms with E-state index in [-0.39, 0.29) is 91.2 Å². The number of carbonyl (C=O) groups is 3. The second kappa shape index (κ2) is 61.6. The molecule has 11 heteroatoms. The normalized spacial score (nSPS) is 9.26. The molecular formula is C36H69Cl3Cr2O6. The van der Waals surface area contributed by atoms with Crippen LogP contribution >= 0.6 is 0 Å². The molecule has 0 aliphatic rings. The number of rotatable bonds is 30. The van der Waals surface area contributed by atoms with Gasteiger partial charge >= 0.3 is 34.7 Å². The Balaban J connectivity index is -0.0000000768. The number of carboxylic acid groups (broad SMARTS) is 3. The molecule has 0 bridgehead atoms. The number of hydrogen-bond acceptors (Lipinski definition) is 6. The van der Waals surface area contributed by atoms with Crippen LogP contribution in [0.1, 0.15) is 213 Å². The van der Waals surface area contributed by atoms with Crippen molar-refractivity contribution in [3.8, 4) is 0 Å². The molecule has 0 saturated heterocycles. The van der Waals surface area contributed by atoms with Gasteiger partial charge in [0.05, 0.1) is 0 Å². The van der Waals surface area contributed by atoms with Gasteiger partial charge in [-0.05, 0) is 38.5 Å². The summed E-state index contributed by atoms with van der Waals surface area (Å²) in [5.74, 6) is -2.73. The van der Waals surface area contributed by atoms with E-state index in [2.05, 4.69) is 20.8 Å². The molecule has 282 valence electrons. The van der Waals surface area contributed by atoms with Crippen molar-refractivity contribution < 1.29 is 102 Å². The van der Waals surface area contributed by atoms with Gasteiger partial charge in [0.1, 0.15) is 0 Å². The molecule has 0 heterocycles. The summed E-state index contributed by atoms with van der Waals surface area (Å²) in [5.41, 5.74) is 0. The Labute approximate surface area is 331 Å². The first-order valence-corrected chi connectivity index (χ1v) is 17.9. The van der Waals surface area contributed by atoms with E-state index < -0.39 is 17.9 Å². The third-order valence-electron chi connectivity index (χ3n) is 7.45. The molecule has 0 aliphatic heterocycles. The van der Waals surface area contributed by atoms with E-state index >= 15 is 0 Å². The average molecular weight is 808 g/mol. The van der Waals surface area contributed by atoms with Gasteiger partial charge < -0.3 is 66.9 Å². The molecule has 0 aromatic rings. The van der Waals surface area contributed by atoms with Gasteiger partial charge in [0.2, 0.25) is 0 Å². The van der Waals surface area contributed by atoms with Crippen LogP contribution in [0.5, 0.6) is 0 Å². The van der Waals surface area contributed by atoms with Crippen LogP contribution in [0.2, 0.25) is 0 Å². The van der Waals surface area contributed by atoms with Crippen molar-refractivity contribution in [3.05, 3.63) is 0 Å². The number of hydrogen-bond donors (Lipinski definition) is 0. The summed E-state index contributed by atoms with van der Waals surface area (Å²) < 4.78 is 0. The first-order chi connectivity index (χ1) is 20.3. The number of unbranched alkanes of at least 4 members (excludes halogenated alkanes) is 24. The van der Waals surface area contributed by atoms with Gasteiger partial charge in [0.25, 0.3) is 0 Å². The molecule has 0 aromatic carbocycles. The van der Waals surface area contributed by atoms with Crippen molar-refractivity contribution in [2.75, 3.05) is 0 Å². The Hall–Kier alpha value is 0.345. The Kier molecular flexibility index (Phi) is 86.0. The molecule has 0 fully saturated rings. The molecule has 0 spiro atoms. The Morgan fingerprint density at radius 1 is 0.298 bits per heavy atom. The molecule has 0 saturated carbocycles. The molecule has 0 atom stereocenters. The quantitative estimate of drug-likeness (QED) is 0.0859. The van der Waals surface area contributed by atoms with E-state index in [1.165, 1.54) is 135 Å². The zero-order valence-electron chi connectivity index (χ0n) is 30.1. The van der Waals surface area contributed by atoms with E-state index in [0.717, 1.165) is 38.5 Å². The first kappa shape index (κ1) is 65.7. The third-order valence-corrected chi connectivity index (χ3v) is 7.45. The van der Waals surface area contributed by atoms with Gasteiger partial charge in [-0.25, -0.2) is 0 Å². The van der Waals surface area contributed by atoms with Crippen LogP contribution in [0.25, 0.3) is 0 Å². The number of carboxylic acids is 3. The summed E-state index contributed by atoms with van der Waals surface area (Å²) in [5, 5.41) is 30.3. The van der Waals surface area contributed by atoms with Crippen molar-refractivity contribution >= 4 is 17.9 Å². The zero-order chi connectivity index (χ0) is 31.9. The van der Waals surface area contributed by atoms with Gasteiger partial charge in [0, 0.05) is 17.9 Å². The van der Waals surface area contributed by atoms with Crippen LogP contribution in [0, 0.1) is 0 Å². The summed E-state index contributed by atoms with van der Waals surface area (Å²) in [7, 11) is 0. The number of aliphatic carboxylic acids is 3. The van der Waals surface area contributed by atoms with Gasteiger partial charge in [0.15, 0.2) is 0 Å². The SMILES string of the molecule is CCCCCCCCCCCC(=O)[O-].CCCCCCCCCCCC(=O)[O-].CCCCCCCCCCCC(=O)[O-].[Cl-].[Cl-].[Cl-].[Cr+3].[Cr+3]. The second-order valence-corrected chi connectivity index (χ2v) is 11.9. The van der Waals surface area contributed by atoms with Crippen molar-refractivity contribution in [1.82, 2.24) is 0 Å². The maximum absolute atomic E-state index is 10.1. The monoisotopic (exact) mass is 806 g/mol. The first-order valence-electron chi connectivity index (χ1n) is 17.9. The molecular weight excluding hydrogens is 739 g/mol. The van der Waals surface area contributed by atoms with Crippen LogP contribution in [-0.2, 0) is 49.1 Å². The minimum Gasteiger partial charge on any atom is -1.00 e. The van der Waals surface area contributed by atoms with Crippen LogP contribution in [0.15, 0.2) is 0 Å². The molecule has 0 unspecified atom stereocenters. The number of carbonyl (C=O) groups excluding carboxylic acids is 3. The van der Waals surface area contributed by atoms with Crippen LogP contribution in [0.4, 0.5) is 0 Å². The number of halogens is 3. The molecule has 0 aliphatic carbocycles. The third kappa shape index (κ3) is 82.0. The molecule has 0 aromatic heterocycles. The minimum atomic E-state index is -0.909. The molecule has 0 N–H and O–H groups in total. The fourth-order valence-corrected chi connectivity index (χ4v) is 4.74. The van der Waals surface area contributed by atoms with Crippen molar-refractivity contribution in [3.63, 3.8) is 0 Å². The largest absolute Gasteiger partial charge is 3.00 e. The standard InChI is InChI=1S/3C12H24O2.3ClH.2Cr/c3*1-2-3-4-5-6-7-8-9-10-11-12(13)14;;;;;/h3*2-11H2,1H3,(H,13,14);3*1H;;/q;;;;;;2*+3/p-6. The second-order valence-electron chi connectivity index (χ2n) is 11.9.